The van der Waals surface area contributed by atoms with Crippen molar-refractivity contribution in [3.63, 3.8) is 0 Å². The van der Waals surface area contributed by atoms with Gasteiger partial charge in [-0.2, -0.15) is 0 Å². The minimum Gasteiger partial charge on any atom is -1.00 e. The maximum Gasteiger partial charge on any atom is 0.243 e. The molecule has 8 heteroatoms. The third-order valence-corrected chi connectivity index (χ3v) is 12.0. The van der Waals surface area contributed by atoms with Gasteiger partial charge in [-0.25, -0.2) is 18.3 Å². The van der Waals surface area contributed by atoms with Crippen LogP contribution in [0, 0.1) is 59.2 Å². The third-order valence-electron chi connectivity index (χ3n) is 10.9. The van der Waals surface area contributed by atoms with Gasteiger partial charge in [-0.15, -0.1) is 17.0 Å². The zero-order chi connectivity index (χ0) is 45.1. The van der Waals surface area contributed by atoms with Crippen molar-refractivity contribution in [3.8, 4) is 59.2 Å². The fourth-order valence-corrected chi connectivity index (χ4v) is 8.01. The van der Waals surface area contributed by atoms with E-state index in [0.29, 0.717) is 0 Å². The van der Waals surface area contributed by atoms with E-state index in [1.807, 2.05) is 0 Å². The number of rotatable bonds is 36. The van der Waals surface area contributed by atoms with Crippen LogP contribution in [0.2, 0.25) is 0 Å². The van der Waals surface area contributed by atoms with Crippen molar-refractivity contribution < 1.29 is 26.1 Å². The summed E-state index contributed by atoms with van der Waals surface area (Å²) < 4.78 is 9.17. The molecule has 0 radical (unpaired) electrons. The van der Waals surface area contributed by atoms with Crippen LogP contribution in [0.4, 0.5) is 0 Å². The van der Waals surface area contributed by atoms with Crippen molar-refractivity contribution >= 4 is 48.8 Å². The predicted molar refractivity (Wildman–Crippen MR) is 287 cm³/mol. The first-order valence-electron chi connectivity index (χ1n) is 25.1. The van der Waals surface area contributed by atoms with E-state index in [9.17, 15) is 0 Å². The molecule has 0 spiro atoms. The number of unbranched alkanes of at least 4 members (excludes halogenated alkanes) is 28. The van der Waals surface area contributed by atoms with Crippen molar-refractivity contribution in [3.05, 3.63) is 37.4 Å². The second-order valence-corrected chi connectivity index (χ2v) is 18.3. The number of aromatic nitrogens is 4. The molecule has 2 aromatic heterocycles. The molecular weight excluding hydrogens is 1050 g/mol. The summed E-state index contributed by atoms with van der Waals surface area (Å²) in [6.45, 7) is 9.30. The molecule has 0 aliphatic heterocycles. The Morgan fingerprint density at radius 1 is 0.406 bits per heavy atom. The largest absolute Gasteiger partial charge is 1.00 e. The summed E-state index contributed by atoms with van der Waals surface area (Å²) in [5.41, 5.74) is 0. The zero-order valence-corrected chi connectivity index (χ0v) is 47.7. The molecule has 2 heterocycles. The van der Waals surface area contributed by atoms with E-state index in [-0.39, 0.29) is 34.0 Å². The SMILES string of the molecule is Br.CC#CC#CC#CC#CC#CC.CCCCCCCCCCCCC[n+]1ccn(CCCCCCCCCCCCBr)c1.C[n+]1ccn(CCCCCCCCCCCCBr)c1.[Br-]. The average Bonchev–Trinajstić information content (AvgIpc) is 3.93. The molecule has 2 rings (SSSR count). The van der Waals surface area contributed by atoms with Crippen molar-refractivity contribution in [2.75, 3.05) is 10.7 Å². The van der Waals surface area contributed by atoms with Gasteiger partial charge in [0, 0.05) is 10.7 Å². The Balaban J connectivity index is -0.000000960. The van der Waals surface area contributed by atoms with E-state index in [1.54, 1.807) is 13.8 Å². The van der Waals surface area contributed by atoms with Crippen LogP contribution in [0.1, 0.15) is 220 Å². The molecule has 2 aromatic rings. The second kappa shape index (κ2) is 57.3. The van der Waals surface area contributed by atoms with Crippen LogP contribution in [-0.4, -0.2) is 19.8 Å². The van der Waals surface area contributed by atoms with Crippen LogP contribution in [-0.2, 0) is 26.7 Å². The van der Waals surface area contributed by atoms with E-state index >= 15 is 0 Å². The summed E-state index contributed by atoms with van der Waals surface area (Å²) in [6.07, 6.45) is 57.1. The van der Waals surface area contributed by atoms with Crippen LogP contribution in [0.5, 0.6) is 0 Å². The summed E-state index contributed by atoms with van der Waals surface area (Å²) in [7, 11) is 2.08. The van der Waals surface area contributed by atoms with Gasteiger partial charge in [0.2, 0.25) is 12.7 Å². The number of aryl methyl sites for hydroxylation is 4. The van der Waals surface area contributed by atoms with Gasteiger partial charge in [0.25, 0.3) is 0 Å². The normalized spacial score (nSPS) is 9.53. The highest BCUT2D eigenvalue weighted by molar-refractivity contribution is 9.09. The van der Waals surface area contributed by atoms with Gasteiger partial charge < -0.3 is 17.0 Å². The fourth-order valence-electron chi connectivity index (χ4n) is 7.21. The molecule has 0 amide bonds. The Hall–Kier alpha value is -1.86. The Kier molecular flexibility index (Phi) is 59.4. The second-order valence-electron chi connectivity index (χ2n) is 16.7. The van der Waals surface area contributed by atoms with Crippen molar-refractivity contribution in [1.29, 1.82) is 0 Å². The highest BCUT2D eigenvalue weighted by Crippen LogP contribution is 2.14. The maximum absolute atomic E-state index is 3.51. The van der Waals surface area contributed by atoms with E-state index in [4.69, 9.17) is 0 Å². The summed E-state index contributed by atoms with van der Waals surface area (Å²) in [6, 6.07) is 0. The molecule has 0 aliphatic carbocycles. The van der Waals surface area contributed by atoms with Crippen LogP contribution in [0.3, 0.4) is 0 Å². The molecule has 0 atom stereocenters. The molecule has 0 N–H and O–H groups in total. The van der Waals surface area contributed by atoms with Crippen molar-refractivity contribution in [2.24, 2.45) is 7.05 Å². The lowest BCUT2D eigenvalue weighted by Gasteiger charge is -2.02. The maximum atomic E-state index is 3.51. The molecule has 0 saturated carbocycles. The van der Waals surface area contributed by atoms with E-state index in [0.717, 1.165) is 0 Å². The van der Waals surface area contributed by atoms with Gasteiger partial charge in [0.1, 0.15) is 24.8 Å². The first-order chi connectivity index (χ1) is 30.6. The lowest BCUT2D eigenvalue weighted by molar-refractivity contribution is -0.696. The van der Waals surface area contributed by atoms with Crippen LogP contribution >= 0.6 is 48.8 Å². The topological polar surface area (TPSA) is 17.6 Å². The minimum absolute atomic E-state index is 0. The quantitative estimate of drug-likeness (QED) is 0.0280. The van der Waals surface area contributed by atoms with Crippen LogP contribution < -0.4 is 26.1 Å². The monoisotopic (exact) mass is 1140 g/mol. The Morgan fingerprint density at radius 2 is 0.719 bits per heavy atom. The zero-order valence-electron chi connectivity index (χ0n) is 41.3. The molecule has 0 bridgehead atoms. The van der Waals surface area contributed by atoms with Gasteiger partial charge in [0.15, 0.2) is 0 Å². The number of nitrogens with zero attached hydrogens (tertiary/aromatic N) is 4. The summed E-state index contributed by atoms with van der Waals surface area (Å²) in [5.74, 6) is 25.6. The van der Waals surface area contributed by atoms with Gasteiger partial charge >= 0.3 is 0 Å². The molecule has 0 unspecified atom stereocenters. The van der Waals surface area contributed by atoms with Gasteiger partial charge in [-0.1, -0.05) is 198 Å². The van der Waals surface area contributed by atoms with E-state index in [2.05, 4.69) is 161 Å². The van der Waals surface area contributed by atoms with Gasteiger partial charge in [-0.05, 0) is 113 Å². The molecule has 362 valence electrons. The number of halogens is 4. The highest BCUT2D eigenvalue weighted by atomic mass is 79.9. The Bertz CT molecular complexity index is 1510. The van der Waals surface area contributed by atoms with Crippen molar-refractivity contribution in [2.45, 2.75) is 239 Å². The standard InChI is InChI=1S/C28H54BrN2.C16H30BrN2.C12H6.2BrH/c1-2-3-4-5-6-7-9-12-15-18-21-24-30-26-27-31(28-30)25-22-19-16-13-10-8-11-14-17-20-23-29;1-18-14-15-19(16-18)13-11-9-7-5-3-2-4-6-8-10-12-17;1-3-5-7-9-11-12-10-8-6-4-2;;/h26-28H,2-25H2,1H3;14-16H,2-13H2,1H3;1-2H3;2*1H/q2*+1;;;/p-1. The van der Waals surface area contributed by atoms with Gasteiger partial charge in [-0.3, -0.25) is 0 Å². The average molecular weight is 1140 g/mol. The lowest BCUT2D eigenvalue weighted by Crippen LogP contribution is -3.00. The number of alkyl halides is 2. The van der Waals surface area contributed by atoms with Crippen molar-refractivity contribution in [1.82, 2.24) is 9.13 Å². The van der Waals surface area contributed by atoms with Crippen LogP contribution in [0.15, 0.2) is 37.4 Å². The molecule has 0 fully saturated rings. The molecule has 0 aromatic carbocycles. The summed E-state index contributed by atoms with van der Waals surface area (Å²) in [4.78, 5) is 0. The molecular formula is C56H91Br4N4+. The molecule has 0 aliphatic rings. The summed E-state index contributed by atoms with van der Waals surface area (Å²) in [5, 5.41) is 2.35. The molecule has 0 saturated heterocycles. The number of imidazole rings is 2. The van der Waals surface area contributed by atoms with Gasteiger partial charge in [0.05, 0.1) is 26.7 Å². The third kappa shape index (κ3) is 51.1. The smallest absolute Gasteiger partial charge is 0.243 e. The summed E-state index contributed by atoms with van der Waals surface area (Å²) >= 11 is 7.00. The fraction of sp³-hybridized carbons (Fsp3) is 0.714. The number of hydrogen-bond donors (Lipinski definition) is 0. The van der Waals surface area contributed by atoms with Crippen LogP contribution in [0.25, 0.3) is 0 Å². The minimum atomic E-state index is 0. The Morgan fingerprint density at radius 3 is 1.06 bits per heavy atom. The van der Waals surface area contributed by atoms with E-state index in [1.165, 1.54) is 229 Å². The van der Waals surface area contributed by atoms with E-state index < -0.39 is 0 Å². The predicted octanol–water partition coefficient (Wildman–Crippen LogP) is 12.6. The number of hydrogen-bond acceptors (Lipinski definition) is 0. The first-order valence-corrected chi connectivity index (χ1v) is 27.4. The first kappa shape index (κ1) is 66.4. The lowest BCUT2D eigenvalue weighted by atomic mass is 10.1. The molecule has 4 nitrogen and oxygen atoms in total. The highest BCUT2D eigenvalue weighted by Gasteiger charge is 2.04. The Labute approximate surface area is 434 Å². The molecule has 64 heavy (non-hydrogen) atoms.